The van der Waals surface area contributed by atoms with Crippen molar-refractivity contribution in [2.75, 3.05) is 32.0 Å². The fraction of sp³-hybridized carbons (Fsp3) is 0.500. The van der Waals surface area contributed by atoms with Crippen LogP contribution in [0.15, 0.2) is 12.4 Å². The van der Waals surface area contributed by atoms with Crippen LogP contribution in [0, 0.1) is 0 Å². The molecule has 1 aliphatic heterocycles. The van der Waals surface area contributed by atoms with Crippen molar-refractivity contribution in [2.24, 2.45) is 0 Å². The van der Waals surface area contributed by atoms with Gasteiger partial charge in [-0.15, -0.1) is 0 Å². The molecule has 1 aromatic rings. The minimum absolute atomic E-state index is 0.0333. The maximum absolute atomic E-state index is 12.1. The first-order valence-corrected chi connectivity index (χ1v) is 6.50. The van der Waals surface area contributed by atoms with Gasteiger partial charge in [0.25, 0.3) is 0 Å². The average Bonchev–Trinajstić information content (AvgIpc) is 2.75. The van der Waals surface area contributed by atoms with Gasteiger partial charge in [-0.3, -0.25) is 14.3 Å². The zero-order valence-corrected chi connectivity index (χ0v) is 11.7. The standard InChI is InChI=1S/C12H17N5O4/c1-15-3-2-4-16(7-10(15)18)12(21)14-9-5-13-17(6-9)8-11(19)20/h5-6H,2-4,7-8H2,1H3,(H,14,21)(H,19,20). The number of carbonyl (C=O) groups excluding carboxylic acids is 2. The number of anilines is 1. The lowest BCUT2D eigenvalue weighted by atomic mass is 10.4. The van der Waals surface area contributed by atoms with Crippen LogP contribution in [0.5, 0.6) is 0 Å². The van der Waals surface area contributed by atoms with Crippen molar-refractivity contribution < 1.29 is 19.5 Å². The van der Waals surface area contributed by atoms with Crippen molar-refractivity contribution in [3.8, 4) is 0 Å². The van der Waals surface area contributed by atoms with Gasteiger partial charge in [-0.25, -0.2) is 4.79 Å². The molecule has 1 saturated heterocycles. The molecule has 21 heavy (non-hydrogen) atoms. The van der Waals surface area contributed by atoms with E-state index in [4.69, 9.17) is 5.11 Å². The molecule has 2 N–H and O–H groups in total. The average molecular weight is 295 g/mol. The van der Waals surface area contributed by atoms with Gasteiger partial charge in [-0.05, 0) is 6.42 Å². The van der Waals surface area contributed by atoms with Gasteiger partial charge in [0.2, 0.25) is 5.91 Å². The van der Waals surface area contributed by atoms with E-state index in [0.29, 0.717) is 25.2 Å². The highest BCUT2D eigenvalue weighted by Gasteiger charge is 2.23. The monoisotopic (exact) mass is 295 g/mol. The zero-order chi connectivity index (χ0) is 15.4. The Morgan fingerprint density at radius 3 is 2.90 bits per heavy atom. The summed E-state index contributed by atoms with van der Waals surface area (Å²) in [4.78, 5) is 37.4. The Morgan fingerprint density at radius 2 is 2.19 bits per heavy atom. The summed E-state index contributed by atoms with van der Waals surface area (Å²) in [7, 11) is 1.71. The number of nitrogens with one attached hydrogen (secondary N) is 1. The zero-order valence-electron chi connectivity index (χ0n) is 11.7. The quantitative estimate of drug-likeness (QED) is 0.793. The number of likely N-dealkylation sites (N-methyl/N-ethyl adjacent to an activating group) is 1. The third-order valence-corrected chi connectivity index (χ3v) is 3.14. The number of carboxylic acids is 1. The van der Waals surface area contributed by atoms with Crippen molar-refractivity contribution in [1.82, 2.24) is 19.6 Å². The van der Waals surface area contributed by atoms with Gasteiger partial charge in [0.05, 0.1) is 11.9 Å². The Morgan fingerprint density at radius 1 is 1.43 bits per heavy atom. The molecular weight excluding hydrogens is 278 g/mol. The van der Waals surface area contributed by atoms with Crippen molar-refractivity contribution in [1.29, 1.82) is 0 Å². The number of carboxylic acid groups (broad SMARTS) is 1. The Bertz CT molecular complexity index is 556. The van der Waals surface area contributed by atoms with Gasteiger partial charge >= 0.3 is 12.0 Å². The van der Waals surface area contributed by atoms with E-state index >= 15 is 0 Å². The summed E-state index contributed by atoms with van der Waals surface area (Å²) < 4.78 is 1.21. The van der Waals surface area contributed by atoms with E-state index in [9.17, 15) is 14.4 Å². The number of aromatic nitrogens is 2. The summed E-state index contributed by atoms with van der Waals surface area (Å²) in [5.41, 5.74) is 0.395. The largest absolute Gasteiger partial charge is 0.480 e. The summed E-state index contributed by atoms with van der Waals surface area (Å²) in [5.74, 6) is -1.12. The summed E-state index contributed by atoms with van der Waals surface area (Å²) in [6, 6.07) is -0.395. The van der Waals surface area contributed by atoms with E-state index in [0.717, 1.165) is 0 Å². The minimum atomic E-state index is -1.02. The third kappa shape index (κ3) is 3.94. The molecule has 9 nitrogen and oxygen atoms in total. The fourth-order valence-electron chi connectivity index (χ4n) is 2.02. The molecule has 3 amide bonds. The number of aliphatic carboxylic acids is 1. The van der Waals surface area contributed by atoms with Crippen LogP contribution in [0.4, 0.5) is 10.5 Å². The molecule has 9 heteroatoms. The van der Waals surface area contributed by atoms with Crippen LogP contribution >= 0.6 is 0 Å². The van der Waals surface area contributed by atoms with Crippen LogP contribution in [0.2, 0.25) is 0 Å². The van der Waals surface area contributed by atoms with Crippen LogP contribution in [0.25, 0.3) is 0 Å². The maximum Gasteiger partial charge on any atom is 0.325 e. The van der Waals surface area contributed by atoms with Crippen molar-refractivity contribution in [3.05, 3.63) is 12.4 Å². The number of rotatable bonds is 3. The minimum Gasteiger partial charge on any atom is -0.480 e. The third-order valence-electron chi connectivity index (χ3n) is 3.14. The second kappa shape index (κ2) is 6.25. The summed E-state index contributed by atoms with van der Waals surface area (Å²) >= 11 is 0. The highest BCUT2D eigenvalue weighted by Crippen LogP contribution is 2.09. The molecule has 2 rings (SSSR count). The maximum atomic E-state index is 12.1. The molecule has 2 heterocycles. The van der Waals surface area contributed by atoms with Crippen LogP contribution in [-0.4, -0.2) is 69.3 Å². The molecule has 0 atom stereocenters. The van der Waals surface area contributed by atoms with Crippen molar-refractivity contribution in [2.45, 2.75) is 13.0 Å². The SMILES string of the molecule is CN1CCCN(C(=O)Nc2cnn(CC(=O)O)c2)CC1=O. The van der Waals surface area contributed by atoms with Gasteiger partial charge in [0.1, 0.15) is 13.1 Å². The van der Waals surface area contributed by atoms with E-state index in [2.05, 4.69) is 10.4 Å². The van der Waals surface area contributed by atoms with Crippen LogP contribution < -0.4 is 5.32 Å². The molecule has 1 fully saturated rings. The molecule has 0 unspecified atom stereocenters. The molecule has 0 aromatic carbocycles. The van der Waals surface area contributed by atoms with E-state index in [1.54, 1.807) is 11.9 Å². The van der Waals surface area contributed by atoms with Gasteiger partial charge in [-0.2, -0.15) is 5.10 Å². The Hall–Kier alpha value is -2.58. The normalized spacial score (nSPS) is 15.8. The molecule has 0 bridgehead atoms. The van der Waals surface area contributed by atoms with E-state index in [1.165, 1.54) is 22.0 Å². The first kappa shape index (κ1) is 14.8. The smallest absolute Gasteiger partial charge is 0.325 e. The first-order chi connectivity index (χ1) is 9.95. The van der Waals surface area contributed by atoms with Crippen LogP contribution in [-0.2, 0) is 16.1 Å². The molecule has 0 aliphatic carbocycles. The number of urea groups is 1. The second-order valence-corrected chi connectivity index (χ2v) is 4.84. The lowest BCUT2D eigenvalue weighted by Crippen LogP contribution is -2.40. The highest BCUT2D eigenvalue weighted by molar-refractivity contribution is 5.92. The Labute approximate surface area is 121 Å². The molecule has 0 spiro atoms. The summed E-state index contributed by atoms with van der Waals surface area (Å²) in [5, 5.41) is 15.1. The fourth-order valence-corrected chi connectivity index (χ4v) is 2.02. The predicted molar refractivity (Wildman–Crippen MR) is 72.7 cm³/mol. The molecule has 114 valence electrons. The summed E-state index contributed by atoms with van der Waals surface area (Å²) in [6.45, 7) is 0.874. The van der Waals surface area contributed by atoms with Crippen molar-refractivity contribution in [3.63, 3.8) is 0 Å². The lowest BCUT2D eigenvalue weighted by Gasteiger charge is -2.19. The van der Waals surface area contributed by atoms with Gasteiger partial charge < -0.3 is 20.2 Å². The highest BCUT2D eigenvalue weighted by atomic mass is 16.4. The molecular formula is C12H17N5O4. The molecule has 1 aliphatic rings. The number of hydrogen-bond donors (Lipinski definition) is 2. The van der Waals surface area contributed by atoms with Crippen molar-refractivity contribution >= 4 is 23.6 Å². The molecule has 1 aromatic heterocycles. The predicted octanol–water partition coefficient (Wildman–Crippen LogP) is -0.336. The van der Waals surface area contributed by atoms with E-state index in [1.807, 2.05) is 0 Å². The van der Waals surface area contributed by atoms with Gasteiger partial charge in [0.15, 0.2) is 0 Å². The van der Waals surface area contributed by atoms with Gasteiger partial charge in [0, 0.05) is 26.3 Å². The van der Waals surface area contributed by atoms with E-state index in [-0.39, 0.29) is 19.0 Å². The topological polar surface area (TPSA) is 108 Å². The molecule has 0 saturated carbocycles. The number of amides is 3. The van der Waals surface area contributed by atoms with Gasteiger partial charge in [-0.1, -0.05) is 0 Å². The number of carbonyl (C=O) groups is 3. The summed E-state index contributed by atoms with van der Waals surface area (Å²) in [6.07, 6.45) is 3.51. The Balaban J connectivity index is 1.95. The lowest BCUT2D eigenvalue weighted by molar-refractivity contribution is -0.138. The first-order valence-electron chi connectivity index (χ1n) is 6.50. The van der Waals surface area contributed by atoms with Crippen LogP contribution in [0.1, 0.15) is 6.42 Å². The number of nitrogens with zero attached hydrogens (tertiary/aromatic N) is 4. The number of hydrogen-bond acceptors (Lipinski definition) is 4. The second-order valence-electron chi connectivity index (χ2n) is 4.84. The van der Waals surface area contributed by atoms with Crippen LogP contribution in [0.3, 0.4) is 0 Å². The van der Waals surface area contributed by atoms with E-state index < -0.39 is 12.0 Å². The Kier molecular flexibility index (Phi) is 4.41. The molecule has 0 radical (unpaired) electrons.